The Morgan fingerprint density at radius 2 is 1.59 bits per heavy atom. The lowest BCUT2D eigenvalue weighted by atomic mass is 10.1. The minimum Gasteiger partial charge on any atom is -0.337 e. The van der Waals surface area contributed by atoms with E-state index in [0.717, 1.165) is 17.4 Å². The van der Waals surface area contributed by atoms with Crippen LogP contribution in [0.15, 0.2) is 24.6 Å². The fourth-order valence-electron chi connectivity index (χ4n) is 4.48. The summed E-state index contributed by atoms with van der Waals surface area (Å²) in [5.74, 6) is 0.0366. The summed E-state index contributed by atoms with van der Waals surface area (Å²) in [6, 6.07) is 0. The largest absolute Gasteiger partial charge is 0.337 e. The SMILES string of the molecule is CCCCCCCCCCCCC/C=C/CC1NC=C[N+]1(CC)C(C)NC(C)=O. The van der Waals surface area contributed by atoms with E-state index in [-0.39, 0.29) is 12.1 Å². The Bertz CT molecular complexity index is 488. The predicted octanol–water partition coefficient (Wildman–Crippen LogP) is 6.35. The number of allylic oxidation sites excluding steroid dienone is 1. The highest BCUT2D eigenvalue weighted by atomic mass is 16.1. The van der Waals surface area contributed by atoms with Gasteiger partial charge in [-0.25, -0.2) is 0 Å². The van der Waals surface area contributed by atoms with Crippen LogP contribution in [-0.2, 0) is 4.79 Å². The van der Waals surface area contributed by atoms with Gasteiger partial charge >= 0.3 is 0 Å². The molecular weight excluding hydrogens is 358 g/mol. The summed E-state index contributed by atoms with van der Waals surface area (Å²) in [7, 11) is 0. The van der Waals surface area contributed by atoms with Gasteiger partial charge in [0.05, 0.1) is 12.7 Å². The van der Waals surface area contributed by atoms with E-state index in [0.29, 0.717) is 6.17 Å². The van der Waals surface area contributed by atoms with Crippen LogP contribution < -0.4 is 10.6 Å². The maximum Gasteiger partial charge on any atom is 0.221 e. The molecule has 1 rings (SSSR count). The highest BCUT2D eigenvalue weighted by Gasteiger charge is 2.41. The third-order valence-electron chi connectivity index (χ3n) is 6.40. The summed E-state index contributed by atoms with van der Waals surface area (Å²) in [6.07, 6.45) is 26.8. The Hall–Kier alpha value is -1.29. The van der Waals surface area contributed by atoms with Gasteiger partial charge in [-0.1, -0.05) is 83.3 Å². The van der Waals surface area contributed by atoms with Crippen molar-refractivity contribution in [1.82, 2.24) is 10.6 Å². The third kappa shape index (κ3) is 9.84. The van der Waals surface area contributed by atoms with Gasteiger partial charge in [0.25, 0.3) is 0 Å². The van der Waals surface area contributed by atoms with Gasteiger partial charge in [-0.3, -0.25) is 9.28 Å². The van der Waals surface area contributed by atoms with Crippen LogP contribution in [-0.4, -0.2) is 29.3 Å². The van der Waals surface area contributed by atoms with Crippen LogP contribution in [0.4, 0.5) is 0 Å². The van der Waals surface area contributed by atoms with Crippen LogP contribution in [0, 0.1) is 0 Å². The molecule has 3 atom stereocenters. The molecule has 3 unspecified atom stereocenters. The molecule has 0 saturated carbocycles. The lowest BCUT2D eigenvalue weighted by Crippen LogP contribution is -2.62. The first-order valence-corrected chi connectivity index (χ1v) is 12.3. The molecule has 1 aliphatic heterocycles. The maximum absolute atomic E-state index is 11.5. The smallest absolute Gasteiger partial charge is 0.221 e. The first kappa shape index (κ1) is 25.7. The molecule has 168 valence electrons. The van der Waals surface area contributed by atoms with E-state index in [2.05, 4.69) is 49.8 Å². The number of hydrogen-bond acceptors (Lipinski definition) is 2. The standard InChI is InChI=1S/C25H47N3O/c1-5-7-8-9-10-11-12-13-14-15-16-17-18-19-20-25-26-21-22-28(25,6-2)23(3)27-24(4)29/h18-19,21-23,25-26H,5-17,20H2,1-4H3/p+1/b19-18+. The van der Waals surface area contributed by atoms with Crippen molar-refractivity contribution in [3.05, 3.63) is 24.6 Å². The minimum absolute atomic E-state index is 0.0366. The summed E-state index contributed by atoms with van der Waals surface area (Å²) < 4.78 is 0.766. The molecule has 1 aliphatic rings. The summed E-state index contributed by atoms with van der Waals surface area (Å²) in [5, 5.41) is 6.56. The number of carbonyl (C=O) groups is 1. The van der Waals surface area contributed by atoms with Crippen molar-refractivity contribution in [3.8, 4) is 0 Å². The molecule has 0 saturated heterocycles. The van der Waals surface area contributed by atoms with Crippen molar-refractivity contribution in [3.63, 3.8) is 0 Å². The van der Waals surface area contributed by atoms with Gasteiger partial charge in [0.15, 0.2) is 12.3 Å². The first-order chi connectivity index (χ1) is 14.1. The Balaban J connectivity index is 2.12. The van der Waals surface area contributed by atoms with E-state index in [1.807, 2.05) is 6.20 Å². The molecule has 0 aromatic heterocycles. The summed E-state index contributed by atoms with van der Waals surface area (Å²) in [6.45, 7) is 9.13. The normalized spacial score (nSPS) is 22.1. The highest BCUT2D eigenvalue weighted by molar-refractivity contribution is 5.72. The zero-order chi connectivity index (χ0) is 21.4. The van der Waals surface area contributed by atoms with E-state index in [4.69, 9.17) is 0 Å². The Labute approximate surface area is 180 Å². The quantitative estimate of drug-likeness (QED) is 0.168. The van der Waals surface area contributed by atoms with Crippen molar-refractivity contribution in [2.75, 3.05) is 6.54 Å². The van der Waals surface area contributed by atoms with Crippen molar-refractivity contribution < 1.29 is 9.28 Å². The minimum atomic E-state index is 0.0366. The Morgan fingerprint density at radius 1 is 1.00 bits per heavy atom. The second-order valence-electron chi connectivity index (χ2n) is 8.72. The van der Waals surface area contributed by atoms with Gasteiger partial charge in [0.1, 0.15) is 6.20 Å². The lowest BCUT2D eigenvalue weighted by molar-refractivity contribution is -0.923. The number of carbonyl (C=O) groups excluding carboxylic acids is 1. The van der Waals surface area contributed by atoms with Crippen LogP contribution in [0.2, 0.25) is 0 Å². The average molecular weight is 407 g/mol. The second-order valence-corrected chi connectivity index (χ2v) is 8.72. The van der Waals surface area contributed by atoms with Crippen LogP contribution in [0.1, 0.15) is 111 Å². The molecule has 0 aromatic rings. The van der Waals surface area contributed by atoms with Crippen molar-refractivity contribution in [2.24, 2.45) is 0 Å². The Morgan fingerprint density at radius 3 is 2.14 bits per heavy atom. The van der Waals surface area contributed by atoms with Gasteiger partial charge in [-0.15, -0.1) is 0 Å². The van der Waals surface area contributed by atoms with E-state index >= 15 is 0 Å². The molecule has 2 N–H and O–H groups in total. The van der Waals surface area contributed by atoms with Gasteiger partial charge in [-0.05, 0) is 19.8 Å². The molecule has 0 fully saturated rings. The molecule has 4 nitrogen and oxygen atoms in total. The van der Waals surface area contributed by atoms with Gasteiger partial charge in [0.2, 0.25) is 5.91 Å². The molecule has 0 radical (unpaired) electrons. The predicted molar refractivity (Wildman–Crippen MR) is 125 cm³/mol. The number of hydrogen-bond donors (Lipinski definition) is 2. The Kier molecular flexibility index (Phi) is 13.8. The first-order valence-electron chi connectivity index (χ1n) is 12.3. The molecule has 29 heavy (non-hydrogen) atoms. The van der Waals surface area contributed by atoms with Gasteiger partial charge in [-0.2, -0.15) is 0 Å². The molecule has 4 heteroatoms. The van der Waals surface area contributed by atoms with Crippen molar-refractivity contribution >= 4 is 5.91 Å². The molecule has 0 spiro atoms. The van der Waals surface area contributed by atoms with Crippen LogP contribution in [0.3, 0.4) is 0 Å². The maximum atomic E-state index is 11.5. The van der Waals surface area contributed by atoms with E-state index in [9.17, 15) is 4.79 Å². The topological polar surface area (TPSA) is 41.1 Å². The number of nitrogens with one attached hydrogen (secondary N) is 2. The lowest BCUT2D eigenvalue weighted by Gasteiger charge is -2.41. The number of unbranched alkanes of at least 4 members (excludes halogenated alkanes) is 11. The van der Waals surface area contributed by atoms with E-state index in [1.54, 1.807) is 6.92 Å². The zero-order valence-electron chi connectivity index (χ0n) is 19.7. The molecule has 0 aliphatic carbocycles. The van der Waals surface area contributed by atoms with Crippen LogP contribution >= 0.6 is 0 Å². The third-order valence-corrected chi connectivity index (χ3v) is 6.40. The van der Waals surface area contributed by atoms with Crippen LogP contribution in [0.5, 0.6) is 0 Å². The second kappa shape index (κ2) is 15.5. The average Bonchev–Trinajstić information content (AvgIpc) is 3.12. The van der Waals surface area contributed by atoms with Crippen molar-refractivity contribution in [2.45, 2.75) is 123 Å². The fourth-order valence-corrected chi connectivity index (χ4v) is 4.48. The number of rotatable bonds is 17. The zero-order valence-corrected chi connectivity index (χ0v) is 19.7. The number of nitrogens with zero attached hydrogens (tertiary/aromatic N) is 1. The van der Waals surface area contributed by atoms with Crippen molar-refractivity contribution in [1.29, 1.82) is 0 Å². The summed E-state index contributed by atoms with van der Waals surface area (Å²) in [4.78, 5) is 11.5. The fraction of sp³-hybridized carbons (Fsp3) is 0.800. The van der Waals surface area contributed by atoms with E-state index < -0.39 is 0 Å². The van der Waals surface area contributed by atoms with Gasteiger partial charge < -0.3 is 10.6 Å². The van der Waals surface area contributed by atoms with E-state index in [1.165, 1.54) is 77.0 Å². The molecule has 1 amide bonds. The van der Waals surface area contributed by atoms with Gasteiger partial charge in [0, 0.05) is 20.3 Å². The van der Waals surface area contributed by atoms with Crippen LogP contribution in [0.25, 0.3) is 0 Å². The summed E-state index contributed by atoms with van der Waals surface area (Å²) >= 11 is 0. The molecule has 0 bridgehead atoms. The molecule has 0 aromatic carbocycles. The number of quaternary nitrogens is 1. The number of amides is 1. The molecular formula is C25H48N3O+. The summed E-state index contributed by atoms with van der Waals surface area (Å²) in [5.41, 5.74) is 0. The monoisotopic (exact) mass is 406 g/mol. The molecule has 1 heterocycles. The highest BCUT2D eigenvalue weighted by Crippen LogP contribution is 2.24.